The zero-order valence-corrected chi connectivity index (χ0v) is 13.8. The van der Waals surface area contributed by atoms with Crippen molar-refractivity contribution in [3.63, 3.8) is 0 Å². The van der Waals surface area contributed by atoms with Crippen molar-refractivity contribution in [1.82, 2.24) is 14.5 Å². The smallest absolute Gasteiger partial charge is 0.212 e. The summed E-state index contributed by atoms with van der Waals surface area (Å²) in [5, 5.41) is 3.22. The van der Waals surface area contributed by atoms with Gasteiger partial charge in [-0.05, 0) is 65.7 Å². The summed E-state index contributed by atoms with van der Waals surface area (Å²) in [6.07, 6.45) is 3.60. The van der Waals surface area contributed by atoms with E-state index in [0.29, 0.717) is 11.9 Å². The maximum atomic E-state index is 5.77. The van der Waals surface area contributed by atoms with Crippen molar-refractivity contribution in [3.05, 3.63) is 30.3 Å². The van der Waals surface area contributed by atoms with Gasteiger partial charge in [0.2, 0.25) is 5.95 Å². The molecule has 2 heterocycles. The van der Waals surface area contributed by atoms with Crippen molar-refractivity contribution in [2.45, 2.75) is 58.6 Å². The highest BCUT2D eigenvalue weighted by Crippen LogP contribution is 2.37. The fraction of sp³-hybridized carbons (Fsp3) is 0.529. The van der Waals surface area contributed by atoms with Crippen LogP contribution in [0.25, 0.3) is 11.2 Å². The summed E-state index contributed by atoms with van der Waals surface area (Å²) in [4.78, 5) is 9.35. The molecule has 2 aromatic rings. The molecule has 0 bridgehead atoms. The number of aromatic nitrogens is 3. The number of rotatable bonds is 4. The SMILES string of the molecule is C=C(Nc1nc2ccc(C)nc2n1C1CCC1)OC(C)(C)C. The first-order valence-electron chi connectivity index (χ1n) is 7.84. The minimum atomic E-state index is -0.285. The number of anilines is 1. The summed E-state index contributed by atoms with van der Waals surface area (Å²) >= 11 is 0. The van der Waals surface area contributed by atoms with E-state index < -0.39 is 0 Å². The van der Waals surface area contributed by atoms with E-state index in [0.717, 1.165) is 22.8 Å². The Morgan fingerprint density at radius 2 is 2.05 bits per heavy atom. The topological polar surface area (TPSA) is 52.0 Å². The summed E-state index contributed by atoms with van der Waals surface area (Å²) < 4.78 is 7.97. The van der Waals surface area contributed by atoms with Crippen molar-refractivity contribution in [1.29, 1.82) is 0 Å². The fourth-order valence-electron chi connectivity index (χ4n) is 2.67. The second-order valence-corrected chi connectivity index (χ2v) is 6.95. The number of imidazole rings is 1. The van der Waals surface area contributed by atoms with Crippen molar-refractivity contribution in [3.8, 4) is 0 Å². The minimum absolute atomic E-state index is 0.285. The number of hydrogen-bond acceptors (Lipinski definition) is 4. The van der Waals surface area contributed by atoms with Crippen molar-refractivity contribution >= 4 is 17.1 Å². The zero-order valence-electron chi connectivity index (χ0n) is 13.8. The summed E-state index contributed by atoms with van der Waals surface area (Å²) in [5.41, 5.74) is 2.57. The van der Waals surface area contributed by atoms with E-state index in [9.17, 15) is 0 Å². The number of pyridine rings is 1. The Labute approximate surface area is 131 Å². The number of ether oxygens (including phenoxy) is 1. The molecule has 5 nitrogen and oxygen atoms in total. The lowest BCUT2D eigenvalue weighted by Gasteiger charge is -2.29. The Hall–Kier alpha value is -2.04. The monoisotopic (exact) mass is 300 g/mol. The molecule has 1 aliphatic carbocycles. The van der Waals surface area contributed by atoms with Crippen LogP contribution in [0.2, 0.25) is 0 Å². The molecule has 0 atom stereocenters. The van der Waals surface area contributed by atoms with Crippen LogP contribution in [0.3, 0.4) is 0 Å². The highest BCUT2D eigenvalue weighted by molar-refractivity contribution is 5.75. The molecule has 2 aromatic heterocycles. The number of aryl methyl sites for hydroxylation is 1. The van der Waals surface area contributed by atoms with Crippen molar-refractivity contribution in [2.24, 2.45) is 0 Å². The third-order valence-electron chi connectivity index (χ3n) is 3.80. The molecule has 118 valence electrons. The maximum absolute atomic E-state index is 5.77. The first-order chi connectivity index (χ1) is 10.3. The Morgan fingerprint density at radius 3 is 2.64 bits per heavy atom. The van der Waals surface area contributed by atoms with Crippen molar-refractivity contribution in [2.75, 3.05) is 5.32 Å². The predicted octanol–water partition coefficient (Wildman–Crippen LogP) is 4.16. The lowest BCUT2D eigenvalue weighted by molar-refractivity contribution is 0.0561. The quantitative estimate of drug-likeness (QED) is 0.861. The average molecular weight is 300 g/mol. The molecule has 1 N–H and O–H groups in total. The summed E-state index contributed by atoms with van der Waals surface area (Å²) in [5.74, 6) is 1.28. The van der Waals surface area contributed by atoms with Crippen LogP contribution in [0, 0.1) is 6.92 Å². The van der Waals surface area contributed by atoms with Gasteiger partial charge in [-0.1, -0.05) is 0 Å². The van der Waals surface area contributed by atoms with Crippen LogP contribution < -0.4 is 5.32 Å². The lowest BCUT2D eigenvalue weighted by atomic mass is 9.93. The molecule has 5 heteroatoms. The second kappa shape index (κ2) is 5.30. The third kappa shape index (κ3) is 2.93. The normalized spacial score (nSPS) is 15.6. The number of nitrogens with zero attached hydrogens (tertiary/aromatic N) is 3. The van der Waals surface area contributed by atoms with Crippen LogP contribution in [0.4, 0.5) is 5.95 Å². The van der Waals surface area contributed by atoms with Gasteiger partial charge >= 0.3 is 0 Å². The number of nitrogens with one attached hydrogen (secondary N) is 1. The van der Waals surface area contributed by atoms with Crippen LogP contribution in [0.5, 0.6) is 0 Å². The van der Waals surface area contributed by atoms with Gasteiger partial charge in [0.25, 0.3) is 0 Å². The van der Waals surface area contributed by atoms with E-state index in [2.05, 4.69) is 26.4 Å². The Morgan fingerprint density at radius 1 is 1.32 bits per heavy atom. The molecule has 0 radical (unpaired) electrons. The molecule has 1 saturated carbocycles. The Balaban J connectivity index is 1.96. The fourth-order valence-corrected chi connectivity index (χ4v) is 2.67. The van der Waals surface area contributed by atoms with E-state index in [4.69, 9.17) is 4.74 Å². The summed E-state index contributed by atoms with van der Waals surface area (Å²) in [6.45, 7) is 12.0. The van der Waals surface area contributed by atoms with Gasteiger partial charge in [-0.3, -0.25) is 9.88 Å². The summed E-state index contributed by atoms with van der Waals surface area (Å²) in [6, 6.07) is 4.47. The van der Waals surface area contributed by atoms with E-state index >= 15 is 0 Å². The molecule has 0 amide bonds. The molecular formula is C17H24N4O. The molecule has 0 aliphatic heterocycles. The van der Waals surface area contributed by atoms with Gasteiger partial charge < -0.3 is 4.74 Å². The molecule has 3 rings (SSSR count). The van der Waals surface area contributed by atoms with Gasteiger partial charge in [0.05, 0.1) is 0 Å². The van der Waals surface area contributed by atoms with Crippen LogP contribution >= 0.6 is 0 Å². The predicted molar refractivity (Wildman–Crippen MR) is 88.8 cm³/mol. The molecule has 0 aromatic carbocycles. The molecule has 0 spiro atoms. The highest BCUT2D eigenvalue weighted by atomic mass is 16.5. The molecule has 1 aliphatic rings. The molecule has 22 heavy (non-hydrogen) atoms. The van der Waals surface area contributed by atoms with Gasteiger partial charge in [0.1, 0.15) is 11.1 Å². The maximum Gasteiger partial charge on any atom is 0.212 e. The number of hydrogen-bond donors (Lipinski definition) is 1. The molecule has 0 saturated heterocycles. The lowest BCUT2D eigenvalue weighted by Crippen LogP contribution is -2.24. The number of fused-ring (bicyclic) bond motifs is 1. The summed E-state index contributed by atoms with van der Waals surface area (Å²) in [7, 11) is 0. The van der Waals surface area contributed by atoms with E-state index in [-0.39, 0.29) is 5.60 Å². The van der Waals surface area contributed by atoms with Crippen LogP contribution in [-0.2, 0) is 4.74 Å². The van der Waals surface area contributed by atoms with E-state index in [1.165, 1.54) is 19.3 Å². The van der Waals surface area contributed by atoms with E-state index in [1.807, 2.05) is 39.8 Å². The average Bonchev–Trinajstić information content (AvgIpc) is 2.63. The molecule has 1 fully saturated rings. The van der Waals surface area contributed by atoms with Gasteiger partial charge in [0.15, 0.2) is 11.5 Å². The molecular weight excluding hydrogens is 276 g/mol. The van der Waals surface area contributed by atoms with Crippen molar-refractivity contribution < 1.29 is 4.74 Å². The highest BCUT2D eigenvalue weighted by Gasteiger charge is 2.26. The van der Waals surface area contributed by atoms with Gasteiger partial charge in [-0.2, -0.15) is 0 Å². The Bertz CT molecular complexity index is 707. The minimum Gasteiger partial charge on any atom is -0.474 e. The zero-order chi connectivity index (χ0) is 15.9. The van der Waals surface area contributed by atoms with E-state index in [1.54, 1.807) is 0 Å². The van der Waals surface area contributed by atoms with Crippen LogP contribution in [-0.4, -0.2) is 20.1 Å². The largest absolute Gasteiger partial charge is 0.474 e. The third-order valence-corrected chi connectivity index (χ3v) is 3.80. The van der Waals surface area contributed by atoms with Gasteiger partial charge in [-0.25, -0.2) is 9.97 Å². The molecule has 0 unspecified atom stereocenters. The first-order valence-corrected chi connectivity index (χ1v) is 7.84. The second-order valence-electron chi connectivity index (χ2n) is 6.95. The van der Waals surface area contributed by atoms with Crippen LogP contribution in [0.1, 0.15) is 51.8 Å². The van der Waals surface area contributed by atoms with Gasteiger partial charge in [-0.15, -0.1) is 0 Å². The van der Waals surface area contributed by atoms with Crippen LogP contribution in [0.15, 0.2) is 24.6 Å². The first kappa shape index (κ1) is 14.9. The Kier molecular flexibility index (Phi) is 3.59. The van der Waals surface area contributed by atoms with Gasteiger partial charge in [0, 0.05) is 11.7 Å². The standard InChI is InChI=1S/C17H24N4O/c1-11-9-10-14-15(18-11)21(13-7-6-8-13)16(20-14)19-12(2)22-17(3,4)5/h9-10,13H,2,6-8H2,1,3-5H3,(H,19,20).